The van der Waals surface area contributed by atoms with Crippen LogP contribution in [0.25, 0.3) is 0 Å². The van der Waals surface area contributed by atoms with E-state index in [-0.39, 0.29) is 11.8 Å². The van der Waals surface area contributed by atoms with E-state index in [1.165, 1.54) is 0 Å². The van der Waals surface area contributed by atoms with Crippen molar-refractivity contribution in [3.63, 3.8) is 0 Å². The van der Waals surface area contributed by atoms with E-state index in [2.05, 4.69) is 16.7 Å². The van der Waals surface area contributed by atoms with E-state index >= 15 is 0 Å². The summed E-state index contributed by atoms with van der Waals surface area (Å²) in [6.07, 6.45) is 2.07. The lowest BCUT2D eigenvalue weighted by molar-refractivity contribution is -0.122. The Morgan fingerprint density at radius 1 is 1.12 bits per heavy atom. The second kappa shape index (κ2) is 9.02. The third kappa shape index (κ3) is 5.61. The molecule has 0 unspecified atom stereocenters. The van der Waals surface area contributed by atoms with E-state index in [0.717, 1.165) is 42.8 Å². The average Bonchev–Trinajstić information content (AvgIpc) is 3.52. The number of nitriles is 1. The van der Waals surface area contributed by atoms with Gasteiger partial charge in [0.2, 0.25) is 5.91 Å². The van der Waals surface area contributed by atoms with Gasteiger partial charge in [0.05, 0.1) is 11.6 Å². The second-order valence-corrected chi connectivity index (χ2v) is 6.49. The van der Waals surface area contributed by atoms with Gasteiger partial charge in [-0.15, -0.1) is 0 Å². The smallest absolute Gasteiger partial charge is 0.223 e. The number of benzene rings is 2. The van der Waals surface area contributed by atoms with Gasteiger partial charge in [-0.25, -0.2) is 0 Å². The molecule has 5 nitrogen and oxygen atoms in total. The Balaban J connectivity index is 1.41. The number of nitrogens with one attached hydrogen (secondary N) is 2. The highest BCUT2D eigenvalue weighted by Gasteiger charge is 2.28. The molecular weight excluding hydrogens is 326 g/mol. The first kappa shape index (κ1) is 18.0. The van der Waals surface area contributed by atoms with E-state index in [1.54, 1.807) is 6.07 Å². The molecule has 2 aromatic carbocycles. The number of rotatable bonds is 9. The van der Waals surface area contributed by atoms with Gasteiger partial charge in [0, 0.05) is 25.6 Å². The number of hydrogen-bond donors (Lipinski definition) is 2. The summed E-state index contributed by atoms with van der Waals surface area (Å²) in [7, 11) is 0. The largest absolute Gasteiger partial charge is 0.489 e. The normalized spacial score (nSPS) is 13.0. The van der Waals surface area contributed by atoms with Crippen molar-refractivity contribution in [3.8, 4) is 11.8 Å². The van der Waals surface area contributed by atoms with Gasteiger partial charge in [-0.2, -0.15) is 5.26 Å². The van der Waals surface area contributed by atoms with E-state index in [1.807, 2.05) is 42.5 Å². The van der Waals surface area contributed by atoms with Crippen LogP contribution in [0, 0.1) is 17.2 Å². The summed E-state index contributed by atoms with van der Waals surface area (Å²) in [5, 5.41) is 15.2. The zero-order valence-electron chi connectivity index (χ0n) is 14.7. The molecule has 0 aromatic heterocycles. The molecule has 2 N–H and O–H groups in total. The Morgan fingerprint density at radius 2 is 1.92 bits per heavy atom. The molecule has 0 saturated heterocycles. The van der Waals surface area contributed by atoms with Crippen LogP contribution in [0.4, 0.5) is 0 Å². The average molecular weight is 349 g/mol. The predicted molar refractivity (Wildman–Crippen MR) is 99.4 cm³/mol. The van der Waals surface area contributed by atoms with Crippen molar-refractivity contribution >= 4 is 5.91 Å². The molecule has 0 heterocycles. The number of carbonyl (C=O) groups is 1. The number of ether oxygens (including phenoxy) is 1. The molecule has 0 bridgehead atoms. The molecule has 26 heavy (non-hydrogen) atoms. The van der Waals surface area contributed by atoms with Gasteiger partial charge >= 0.3 is 0 Å². The molecular formula is C21H23N3O2. The summed E-state index contributed by atoms with van der Waals surface area (Å²) in [5.74, 6) is 1.24. The van der Waals surface area contributed by atoms with Crippen LogP contribution >= 0.6 is 0 Å². The molecule has 0 aliphatic heterocycles. The van der Waals surface area contributed by atoms with Crippen LogP contribution in [-0.4, -0.2) is 19.0 Å². The van der Waals surface area contributed by atoms with Crippen LogP contribution in [0.3, 0.4) is 0 Å². The van der Waals surface area contributed by atoms with Crippen LogP contribution in [-0.2, 0) is 17.9 Å². The Hall–Kier alpha value is -2.84. The molecule has 0 spiro atoms. The summed E-state index contributed by atoms with van der Waals surface area (Å²) in [4.78, 5) is 11.5. The minimum atomic E-state index is 0.183. The van der Waals surface area contributed by atoms with Crippen LogP contribution in [0.15, 0.2) is 48.5 Å². The highest BCUT2D eigenvalue weighted by Crippen LogP contribution is 2.28. The van der Waals surface area contributed by atoms with Gasteiger partial charge in [0.25, 0.3) is 0 Å². The molecule has 1 fully saturated rings. The van der Waals surface area contributed by atoms with Gasteiger partial charge < -0.3 is 15.4 Å². The lowest BCUT2D eigenvalue weighted by Crippen LogP contribution is -2.32. The van der Waals surface area contributed by atoms with E-state index < -0.39 is 0 Å². The molecule has 1 saturated carbocycles. The molecule has 134 valence electrons. The van der Waals surface area contributed by atoms with Crippen LogP contribution in [0.2, 0.25) is 0 Å². The van der Waals surface area contributed by atoms with Gasteiger partial charge in [-0.3, -0.25) is 4.79 Å². The molecule has 0 atom stereocenters. The Morgan fingerprint density at radius 3 is 2.73 bits per heavy atom. The zero-order valence-corrected chi connectivity index (χ0v) is 14.7. The Labute approximate surface area is 154 Å². The summed E-state index contributed by atoms with van der Waals surface area (Å²) >= 11 is 0. The van der Waals surface area contributed by atoms with Crippen molar-refractivity contribution in [1.82, 2.24) is 10.6 Å². The highest BCUT2D eigenvalue weighted by molar-refractivity contribution is 5.80. The van der Waals surface area contributed by atoms with Gasteiger partial charge in [-0.1, -0.05) is 24.3 Å². The first-order chi connectivity index (χ1) is 12.7. The standard InChI is InChI=1S/C21H23N3O2/c22-13-16-3-1-5-18(11-16)15-26-20-6-2-4-17(12-20)14-23-9-10-24-21(25)19-7-8-19/h1-6,11-12,19,23H,7-10,14-15H2,(H,24,25). The number of nitrogens with zero attached hydrogens (tertiary/aromatic N) is 1. The molecule has 2 aromatic rings. The van der Waals surface area contributed by atoms with Crippen LogP contribution < -0.4 is 15.4 Å². The first-order valence-corrected chi connectivity index (χ1v) is 8.94. The summed E-state index contributed by atoms with van der Waals surface area (Å²) in [5.41, 5.74) is 2.73. The van der Waals surface area contributed by atoms with E-state index in [4.69, 9.17) is 10.00 Å². The van der Waals surface area contributed by atoms with E-state index in [0.29, 0.717) is 18.7 Å². The fourth-order valence-electron chi connectivity index (χ4n) is 2.64. The highest BCUT2D eigenvalue weighted by atomic mass is 16.5. The molecule has 1 amide bonds. The quantitative estimate of drug-likeness (QED) is 0.683. The van der Waals surface area contributed by atoms with E-state index in [9.17, 15) is 4.79 Å². The van der Waals surface area contributed by atoms with Gasteiger partial charge in [0.1, 0.15) is 12.4 Å². The topological polar surface area (TPSA) is 74.2 Å². The van der Waals surface area contributed by atoms with Crippen molar-refractivity contribution in [2.24, 2.45) is 5.92 Å². The summed E-state index contributed by atoms with van der Waals surface area (Å²) < 4.78 is 5.83. The molecule has 3 rings (SSSR count). The van der Waals surface area contributed by atoms with Crippen LogP contribution in [0.5, 0.6) is 5.75 Å². The number of amides is 1. The fourth-order valence-corrected chi connectivity index (χ4v) is 2.64. The van der Waals surface area contributed by atoms with Gasteiger partial charge in [-0.05, 0) is 48.2 Å². The molecule has 1 aliphatic rings. The maximum absolute atomic E-state index is 11.5. The molecule has 0 radical (unpaired) electrons. The van der Waals surface area contributed by atoms with Crippen molar-refractivity contribution in [2.75, 3.05) is 13.1 Å². The fraction of sp³-hybridized carbons (Fsp3) is 0.333. The minimum Gasteiger partial charge on any atom is -0.489 e. The number of hydrogen-bond acceptors (Lipinski definition) is 4. The SMILES string of the molecule is N#Cc1cccc(COc2cccc(CNCCNC(=O)C3CC3)c2)c1. The lowest BCUT2D eigenvalue weighted by Gasteiger charge is -2.10. The van der Waals surface area contributed by atoms with Crippen LogP contribution in [0.1, 0.15) is 29.5 Å². The Bertz CT molecular complexity index is 794. The third-order valence-corrected chi connectivity index (χ3v) is 4.24. The second-order valence-electron chi connectivity index (χ2n) is 6.49. The van der Waals surface area contributed by atoms with Crippen molar-refractivity contribution in [2.45, 2.75) is 26.0 Å². The maximum Gasteiger partial charge on any atom is 0.223 e. The minimum absolute atomic E-state index is 0.183. The summed E-state index contributed by atoms with van der Waals surface area (Å²) in [6, 6.07) is 17.5. The maximum atomic E-state index is 11.5. The zero-order chi connectivity index (χ0) is 18.2. The number of carbonyl (C=O) groups excluding carboxylic acids is 1. The Kier molecular flexibility index (Phi) is 6.24. The first-order valence-electron chi connectivity index (χ1n) is 8.94. The molecule has 1 aliphatic carbocycles. The third-order valence-electron chi connectivity index (χ3n) is 4.24. The lowest BCUT2D eigenvalue weighted by atomic mass is 10.1. The summed E-state index contributed by atoms with van der Waals surface area (Å²) in [6.45, 7) is 2.55. The van der Waals surface area contributed by atoms with Crippen molar-refractivity contribution in [1.29, 1.82) is 5.26 Å². The van der Waals surface area contributed by atoms with Crippen molar-refractivity contribution in [3.05, 3.63) is 65.2 Å². The van der Waals surface area contributed by atoms with Gasteiger partial charge in [0.15, 0.2) is 0 Å². The molecule has 5 heteroatoms. The monoisotopic (exact) mass is 349 g/mol. The predicted octanol–water partition coefficient (Wildman–Crippen LogP) is 2.75. The van der Waals surface area contributed by atoms with Crippen molar-refractivity contribution < 1.29 is 9.53 Å².